The van der Waals surface area contributed by atoms with Crippen molar-refractivity contribution in [3.8, 4) is 0 Å². The lowest BCUT2D eigenvalue weighted by Crippen LogP contribution is -2.27. The fraction of sp³-hybridized carbons (Fsp3) is 0.538. The van der Waals surface area contributed by atoms with E-state index < -0.39 is 0 Å². The first-order valence-electron chi connectivity index (χ1n) is 6.06. The van der Waals surface area contributed by atoms with Crippen molar-refractivity contribution in [2.75, 3.05) is 18.0 Å². The van der Waals surface area contributed by atoms with E-state index in [2.05, 4.69) is 9.88 Å². The second-order valence-electron chi connectivity index (χ2n) is 4.32. The van der Waals surface area contributed by atoms with Gasteiger partial charge in [-0.15, -0.1) is 0 Å². The Morgan fingerprint density at radius 2 is 1.75 bits per heavy atom. The van der Waals surface area contributed by atoms with Gasteiger partial charge in [0.05, 0.1) is 0 Å². The van der Waals surface area contributed by atoms with E-state index in [1.54, 1.807) is 6.20 Å². The van der Waals surface area contributed by atoms with Gasteiger partial charge < -0.3 is 4.90 Å². The van der Waals surface area contributed by atoms with Crippen LogP contribution in [0.5, 0.6) is 0 Å². The molecule has 86 valence electrons. The van der Waals surface area contributed by atoms with Crippen molar-refractivity contribution in [3.63, 3.8) is 0 Å². The Bertz CT molecular complexity index is 326. The third-order valence-corrected chi connectivity index (χ3v) is 3.09. The van der Waals surface area contributed by atoms with E-state index in [1.165, 1.54) is 32.1 Å². The lowest BCUT2D eigenvalue weighted by atomic mass is 10.1. The molecule has 2 rings (SSSR count). The Kier molecular flexibility index (Phi) is 3.91. The van der Waals surface area contributed by atoms with Gasteiger partial charge in [-0.2, -0.15) is 0 Å². The third kappa shape index (κ3) is 2.81. The van der Waals surface area contributed by atoms with Crippen molar-refractivity contribution >= 4 is 12.1 Å². The van der Waals surface area contributed by atoms with Crippen LogP contribution < -0.4 is 4.90 Å². The van der Waals surface area contributed by atoms with Crippen LogP contribution in [0.15, 0.2) is 18.3 Å². The maximum Gasteiger partial charge on any atom is 0.151 e. The maximum absolute atomic E-state index is 10.5. The minimum absolute atomic E-state index is 0.649. The number of carbonyl (C=O) groups excluding carboxylic acids is 1. The van der Waals surface area contributed by atoms with Crippen LogP contribution in [0.25, 0.3) is 0 Å². The Labute approximate surface area is 96.5 Å². The molecule has 0 amide bonds. The second kappa shape index (κ2) is 5.64. The number of pyridine rings is 1. The molecule has 1 aliphatic rings. The molecule has 3 nitrogen and oxygen atoms in total. The molecule has 1 fully saturated rings. The molecular weight excluding hydrogens is 200 g/mol. The molecule has 1 aromatic rings. The van der Waals surface area contributed by atoms with Gasteiger partial charge in [0.15, 0.2) is 6.29 Å². The molecule has 1 aromatic heterocycles. The van der Waals surface area contributed by atoms with Gasteiger partial charge in [-0.1, -0.05) is 19.3 Å². The van der Waals surface area contributed by atoms with E-state index in [-0.39, 0.29) is 0 Å². The summed E-state index contributed by atoms with van der Waals surface area (Å²) >= 11 is 0. The molecule has 0 atom stereocenters. The third-order valence-electron chi connectivity index (χ3n) is 3.09. The predicted octanol–water partition coefficient (Wildman–Crippen LogP) is 2.66. The number of hydrogen-bond donors (Lipinski definition) is 0. The molecule has 0 bridgehead atoms. The SMILES string of the molecule is O=Cc1ccc(N2CCCCCCC2)nc1. The van der Waals surface area contributed by atoms with Crippen LogP contribution >= 0.6 is 0 Å². The van der Waals surface area contributed by atoms with Gasteiger partial charge >= 0.3 is 0 Å². The van der Waals surface area contributed by atoms with E-state index in [4.69, 9.17) is 0 Å². The molecule has 0 aliphatic carbocycles. The zero-order valence-corrected chi connectivity index (χ0v) is 9.56. The molecule has 0 radical (unpaired) electrons. The second-order valence-corrected chi connectivity index (χ2v) is 4.32. The number of rotatable bonds is 2. The quantitative estimate of drug-likeness (QED) is 0.715. The number of carbonyl (C=O) groups is 1. The molecule has 0 unspecified atom stereocenters. The summed E-state index contributed by atoms with van der Waals surface area (Å²) in [5.74, 6) is 1.01. The number of nitrogens with zero attached hydrogens (tertiary/aromatic N) is 2. The summed E-state index contributed by atoms with van der Waals surface area (Å²) in [5, 5.41) is 0. The van der Waals surface area contributed by atoms with Crippen molar-refractivity contribution in [1.29, 1.82) is 0 Å². The first kappa shape index (κ1) is 11.1. The minimum atomic E-state index is 0.649. The summed E-state index contributed by atoms with van der Waals surface area (Å²) in [5.41, 5.74) is 0.649. The predicted molar refractivity (Wildman–Crippen MR) is 64.9 cm³/mol. The molecule has 2 heterocycles. The number of aldehydes is 1. The van der Waals surface area contributed by atoms with Gasteiger partial charge in [-0.05, 0) is 25.0 Å². The number of aromatic nitrogens is 1. The van der Waals surface area contributed by atoms with Gasteiger partial charge in [0.2, 0.25) is 0 Å². The largest absolute Gasteiger partial charge is 0.357 e. The molecule has 0 saturated carbocycles. The highest BCUT2D eigenvalue weighted by atomic mass is 16.1. The monoisotopic (exact) mass is 218 g/mol. The van der Waals surface area contributed by atoms with Gasteiger partial charge in [0.1, 0.15) is 5.82 Å². The van der Waals surface area contributed by atoms with E-state index in [1.807, 2.05) is 12.1 Å². The topological polar surface area (TPSA) is 33.2 Å². The smallest absolute Gasteiger partial charge is 0.151 e. The summed E-state index contributed by atoms with van der Waals surface area (Å²) in [6.07, 6.45) is 9.00. The van der Waals surface area contributed by atoms with Gasteiger partial charge in [0, 0.05) is 24.8 Å². The van der Waals surface area contributed by atoms with Crippen molar-refractivity contribution in [1.82, 2.24) is 4.98 Å². The number of hydrogen-bond acceptors (Lipinski definition) is 3. The molecule has 1 aliphatic heterocycles. The van der Waals surface area contributed by atoms with Crippen LogP contribution in [0.1, 0.15) is 42.5 Å². The lowest BCUT2D eigenvalue weighted by Gasteiger charge is -2.25. The van der Waals surface area contributed by atoms with Gasteiger partial charge in [-0.3, -0.25) is 4.79 Å². The summed E-state index contributed by atoms with van der Waals surface area (Å²) in [6, 6.07) is 3.79. The summed E-state index contributed by atoms with van der Waals surface area (Å²) in [7, 11) is 0. The fourth-order valence-corrected chi connectivity index (χ4v) is 2.13. The summed E-state index contributed by atoms with van der Waals surface area (Å²) < 4.78 is 0. The Morgan fingerprint density at radius 3 is 2.31 bits per heavy atom. The highest BCUT2D eigenvalue weighted by Gasteiger charge is 2.09. The standard InChI is InChI=1S/C13H18N2O/c16-11-12-6-7-13(14-10-12)15-8-4-2-1-3-5-9-15/h6-7,10-11H,1-5,8-9H2. The van der Waals surface area contributed by atoms with Gasteiger partial charge in [-0.25, -0.2) is 4.98 Å². The van der Waals surface area contributed by atoms with E-state index in [9.17, 15) is 4.79 Å². The Hall–Kier alpha value is -1.38. The molecule has 0 aromatic carbocycles. The maximum atomic E-state index is 10.5. The molecular formula is C13H18N2O. The number of anilines is 1. The van der Waals surface area contributed by atoms with Crippen LogP contribution in [0, 0.1) is 0 Å². The van der Waals surface area contributed by atoms with E-state index in [0.717, 1.165) is 25.2 Å². The average Bonchev–Trinajstić information content (AvgIpc) is 2.29. The van der Waals surface area contributed by atoms with Crippen LogP contribution in [0.3, 0.4) is 0 Å². The van der Waals surface area contributed by atoms with E-state index in [0.29, 0.717) is 5.56 Å². The molecule has 0 N–H and O–H groups in total. The zero-order valence-electron chi connectivity index (χ0n) is 9.56. The minimum Gasteiger partial charge on any atom is -0.357 e. The van der Waals surface area contributed by atoms with Crippen molar-refractivity contribution in [3.05, 3.63) is 23.9 Å². The van der Waals surface area contributed by atoms with Crippen molar-refractivity contribution in [2.24, 2.45) is 0 Å². The lowest BCUT2D eigenvalue weighted by molar-refractivity contribution is 0.112. The zero-order chi connectivity index (χ0) is 11.2. The molecule has 1 saturated heterocycles. The van der Waals surface area contributed by atoms with Crippen LogP contribution in [0.4, 0.5) is 5.82 Å². The van der Waals surface area contributed by atoms with E-state index >= 15 is 0 Å². The fourth-order valence-electron chi connectivity index (χ4n) is 2.13. The van der Waals surface area contributed by atoms with Gasteiger partial charge in [0.25, 0.3) is 0 Å². The molecule has 0 spiro atoms. The highest BCUT2D eigenvalue weighted by molar-refractivity contribution is 5.74. The van der Waals surface area contributed by atoms with Crippen molar-refractivity contribution in [2.45, 2.75) is 32.1 Å². The average molecular weight is 218 g/mol. The highest BCUT2D eigenvalue weighted by Crippen LogP contribution is 2.16. The molecule has 16 heavy (non-hydrogen) atoms. The molecule has 3 heteroatoms. The van der Waals surface area contributed by atoms with Crippen LogP contribution in [-0.4, -0.2) is 24.4 Å². The van der Waals surface area contributed by atoms with Crippen LogP contribution in [0.2, 0.25) is 0 Å². The summed E-state index contributed by atoms with van der Waals surface area (Å²) in [6.45, 7) is 2.18. The van der Waals surface area contributed by atoms with Crippen molar-refractivity contribution < 1.29 is 4.79 Å². The first-order chi connectivity index (χ1) is 7.90. The normalized spacial score (nSPS) is 17.6. The Morgan fingerprint density at radius 1 is 1.06 bits per heavy atom. The van der Waals surface area contributed by atoms with Crippen LogP contribution in [-0.2, 0) is 0 Å². The first-order valence-corrected chi connectivity index (χ1v) is 6.06. The Balaban J connectivity index is 2.05. The summed E-state index contributed by atoms with van der Waals surface area (Å²) in [4.78, 5) is 17.2.